The number of hydrogen-bond acceptors (Lipinski definition) is 13. The number of cyclic esters (lactones) is 1. The lowest BCUT2D eigenvalue weighted by molar-refractivity contribution is -0.177. The number of para-hydroxylation sites is 2. The van der Waals surface area contributed by atoms with Gasteiger partial charge in [0.15, 0.2) is 5.13 Å². The molecule has 0 bridgehead atoms. The average Bonchev–Trinajstić information content (AvgIpc) is 3.95. The van der Waals surface area contributed by atoms with Crippen molar-refractivity contribution in [3.63, 3.8) is 0 Å². The molecule has 6 atom stereocenters. The predicted octanol–water partition coefficient (Wildman–Crippen LogP) is 8.19. The molecule has 1 saturated carbocycles. The maximum absolute atomic E-state index is 16.6. The van der Waals surface area contributed by atoms with Gasteiger partial charge in [-0.25, -0.2) is 14.7 Å². The summed E-state index contributed by atoms with van der Waals surface area (Å²) in [5.41, 5.74) is -0.253. The number of benzene rings is 5. The molecule has 358 valence electrons. The van der Waals surface area contributed by atoms with Gasteiger partial charge in [-0.1, -0.05) is 127 Å². The highest BCUT2D eigenvalue weighted by Gasteiger charge is 2.76. The van der Waals surface area contributed by atoms with Gasteiger partial charge in [-0.2, -0.15) is 0 Å². The third kappa shape index (κ3) is 8.39. The Morgan fingerprint density at radius 1 is 0.843 bits per heavy atom. The number of aromatic nitrogens is 1. The van der Waals surface area contributed by atoms with Crippen LogP contribution in [0.3, 0.4) is 0 Å². The van der Waals surface area contributed by atoms with Crippen LogP contribution in [0.15, 0.2) is 127 Å². The lowest BCUT2D eigenvalue weighted by Gasteiger charge is -2.46. The lowest BCUT2D eigenvalue weighted by atomic mass is 9.65. The Balaban J connectivity index is 1.28. The molecule has 2 saturated heterocycles. The molecule has 6 aromatic rings. The number of anilines is 2. The first-order chi connectivity index (χ1) is 34.2. The van der Waals surface area contributed by atoms with Crippen LogP contribution in [0.2, 0.25) is 0 Å². The van der Waals surface area contributed by atoms with Crippen molar-refractivity contribution in [2.45, 2.75) is 73.8 Å². The highest BCUT2D eigenvalue weighted by Crippen LogP contribution is 2.67. The molecular weight excluding hydrogens is 909 g/mol. The zero-order valence-corrected chi connectivity index (χ0v) is 39.3. The fraction of sp³-hybridized carbons (Fsp3) is 0.327. The topological polar surface area (TPSA) is 177 Å². The summed E-state index contributed by atoms with van der Waals surface area (Å²) in [6, 6.07) is 34.5. The van der Waals surface area contributed by atoms with Gasteiger partial charge in [-0.05, 0) is 78.8 Å². The van der Waals surface area contributed by atoms with Gasteiger partial charge in [-0.15, -0.1) is 0 Å². The zero-order valence-electron chi connectivity index (χ0n) is 38.5. The number of nitrogens with zero attached hydrogens (tertiary/aromatic N) is 3. The Kier molecular flexibility index (Phi) is 13.2. The second-order valence-corrected chi connectivity index (χ2v) is 19.1. The van der Waals surface area contributed by atoms with Crippen LogP contribution in [-0.4, -0.2) is 89.2 Å². The molecule has 1 aliphatic carbocycles. The first-order valence-corrected chi connectivity index (χ1v) is 24.5. The van der Waals surface area contributed by atoms with E-state index in [9.17, 15) is 15.0 Å². The molecule has 15 heteroatoms. The highest BCUT2D eigenvalue weighted by atomic mass is 32.1. The number of aliphatic hydroxyl groups excluding tert-OH is 1. The second kappa shape index (κ2) is 19.8. The second-order valence-electron chi connectivity index (χ2n) is 18.0. The maximum Gasteiger partial charge on any atom is 0.421 e. The Labute approximate surface area is 409 Å². The number of carbonyl (C=O) groups is 4. The molecule has 5 aromatic carbocycles. The van der Waals surface area contributed by atoms with E-state index in [1.165, 1.54) is 18.4 Å². The summed E-state index contributed by atoms with van der Waals surface area (Å²) in [5, 5.41) is 25.1. The van der Waals surface area contributed by atoms with Crippen LogP contribution in [0.5, 0.6) is 5.75 Å². The van der Waals surface area contributed by atoms with Crippen LogP contribution < -0.4 is 15.0 Å². The fourth-order valence-electron chi connectivity index (χ4n) is 10.9. The number of hydrogen-bond donors (Lipinski definition) is 3. The number of esters is 1. The van der Waals surface area contributed by atoms with Gasteiger partial charge < -0.3 is 34.5 Å². The third-order valence-corrected chi connectivity index (χ3v) is 14.8. The van der Waals surface area contributed by atoms with E-state index in [1.54, 1.807) is 42.5 Å². The first-order valence-electron chi connectivity index (χ1n) is 23.6. The molecule has 14 nitrogen and oxygen atoms in total. The smallest absolute Gasteiger partial charge is 0.421 e. The Bertz CT molecular complexity index is 2950. The number of imide groups is 1. The van der Waals surface area contributed by atoms with Crippen LogP contribution in [0.4, 0.5) is 15.6 Å². The fourth-order valence-corrected chi connectivity index (χ4v) is 11.8. The number of carbonyl (C=O) groups excluding carboxylic acids is 4. The van der Waals surface area contributed by atoms with Crippen molar-refractivity contribution in [2.24, 2.45) is 5.92 Å². The molecule has 3 N–H and O–H groups in total. The molecule has 3 fully saturated rings. The molecule has 6 unspecified atom stereocenters. The summed E-state index contributed by atoms with van der Waals surface area (Å²) in [6.07, 6.45) is 2.63. The Morgan fingerprint density at radius 3 is 2.27 bits per heavy atom. The highest BCUT2D eigenvalue weighted by molar-refractivity contribution is 7.22. The summed E-state index contributed by atoms with van der Waals surface area (Å²) in [7, 11) is 1.46. The number of nitrogens with one attached hydrogen (secondary N) is 1. The zero-order chi connectivity index (χ0) is 48.4. The van der Waals surface area contributed by atoms with Crippen molar-refractivity contribution >= 4 is 56.2 Å². The van der Waals surface area contributed by atoms with Crippen LogP contribution in [0.25, 0.3) is 10.2 Å². The van der Waals surface area contributed by atoms with E-state index >= 15 is 14.4 Å². The molecule has 3 amide bonds. The number of fused-ring (bicyclic) bond motifs is 4. The lowest BCUT2D eigenvalue weighted by Crippen LogP contribution is -2.54. The van der Waals surface area contributed by atoms with Crippen molar-refractivity contribution in [1.29, 1.82) is 0 Å². The summed E-state index contributed by atoms with van der Waals surface area (Å²) in [5.74, 6) is 2.67. The molecule has 3 aliphatic heterocycles. The van der Waals surface area contributed by atoms with Crippen molar-refractivity contribution in [1.82, 2.24) is 9.88 Å². The predicted molar refractivity (Wildman–Crippen MR) is 262 cm³/mol. The van der Waals surface area contributed by atoms with E-state index < -0.39 is 65.0 Å². The van der Waals surface area contributed by atoms with E-state index in [4.69, 9.17) is 23.9 Å². The molecule has 1 spiro atoms. The van der Waals surface area contributed by atoms with Crippen molar-refractivity contribution < 1.29 is 48.3 Å². The van der Waals surface area contributed by atoms with Crippen molar-refractivity contribution in [3.05, 3.63) is 155 Å². The monoisotopic (exact) mass is 960 g/mol. The molecule has 0 radical (unpaired) electrons. The number of morpholine rings is 1. The van der Waals surface area contributed by atoms with Crippen molar-refractivity contribution in [3.8, 4) is 17.6 Å². The molecule has 1 aromatic heterocycles. The molecule has 10 rings (SSSR count). The van der Waals surface area contributed by atoms with Gasteiger partial charge in [0.25, 0.3) is 0 Å². The van der Waals surface area contributed by atoms with Crippen LogP contribution >= 0.6 is 11.3 Å². The summed E-state index contributed by atoms with van der Waals surface area (Å²) < 4.78 is 24.7. The van der Waals surface area contributed by atoms with Crippen LogP contribution in [0.1, 0.15) is 84.5 Å². The minimum atomic E-state index is -2.16. The minimum absolute atomic E-state index is 0.0376. The maximum atomic E-state index is 16.6. The van der Waals surface area contributed by atoms with Gasteiger partial charge in [-0.3, -0.25) is 19.3 Å². The SMILES string of the molecule is COCCOC(=O)N1C(=O)C2(c3cc(C#CC4(O)CCCCCC4)ccc31)C(C(=O)Nc1nc3ccccc3s1)C1C(=O)OC(c3ccccc3)C(c3ccccc3)N1C2c1ccccc1OCCO. The van der Waals surface area contributed by atoms with Crippen LogP contribution in [0, 0.1) is 17.8 Å². The van der Waals surface area contributed by atoms with Crippen molar-refractivity contribution in [2.75, 3.05) is 43.8 Å². The number of ether oxygens (including phenoxy) is 4. The van der Waals surface area contributed by atoms with Gasteiger partial charge in [0, 0.05) is 18.2 Å². The quantitative estimate of drug-likeness (QED) is 0.0492. The van der Waals surface area contributed by atoms with E-state index in [-0.39, 0.29) is 48.6 Å². The van der Waals surface area contributed by atoms with Gasteiger partial charge in [0.1, 0.15) is 42.1 Å². The first kappa shape index (κ1) is 46.8. The summed E-state index contributed by atoms with van der Waals surface area (Å²) in [4.78, 5) is 70.4. The standard InChI is InChI=1S/C55H52N4O10S/c1-66-32-33-68-53(64)58-41-25-24-35(26-29-54(65)27-14-2-3-15-28-54)34-39(41)55(51(58)63)44(49(61)57-52-56-40-21-11-13-23-43(40)70-52)46-50(62)69-47(37-18-8-5-9-19-37)45(36-16-6-4-7-17-36)59(46)48(55)38-20-10-12-22-42(38)67-31-30-60/h4-13,16-25,34,44-48,60,65H,2-3,14-15,27-28,30-33H2,1H3,(H,56,57,61). The van der Waals surface area contributed by atoms with E-state index in [2.05, 4.69) is 17.2 Å². The van der Waals surface area contributed by atoms with E-state index in [0.717, 1.165) is 35.3 Å². The van der Waals surface area contributed by atoms with Crippen LogP contribution in [-0.2, 0) is 34.0 Å². The van der Waals surface area contributed by atoms with Gasteiger partial charge >= 0.3 is 12.1 Å². The number of methoxy groups -OCH3 is 1. The molecule has 4 aliphatic rings. The number of amides is 3. The Morgan fingerprint density at radius 2 is 1.54 bits per heavy atom. The van der Waals surface area contributed by atoms with Gasteiger partial charge in [0.2, 0.25) is 11.8 Å². The normalized spacial score (nSPS) is 23.7. The Hall–Kier alpha value is -6.93. The number of aliphatic hydroxyl groups is 2. The van der Waals surface area contributed by atoms with Gasteiger partial charge in [0.05, 0.1) is 47.1 Å². The van der Waals surface area contributed by atoms with E-state index in [1.807, 2.05) is 89.8 Å². The summed E-state index contributed by atoms with van der Waals surface area (Å²) in [6.45, 7) is -0.613. The molecule has 70 heavy (non-hydrogen) atoms. The average molecular weight is 961 g/mol. The number of thiazole rings is 1. The molecule has 4 heterocycles. The number of rotatable bonds is 11. The third-order valence-electron chi connectivity index (χ3n) is 13.9. The van der Waals surface area contributed by atoms with E-state index in [0.29, 0.717) is 40.6 Å². The minimum Gasteiger partial charge on any atom is -0.491 e. The largest absolute Gasteiger partial charge is 0.491 e. The molecular formula is C55H52N4O10S. The summed E-state index contributed by atoms with van der Waals surface area (Å²) >= 11 is 1.24.